The topological polar surface area (TPSA) is 55.6 Å². The number of nitrogens with one attached hydrogen (secondary N) is 1. The molecule has 0 amide bonds. The van der Waals surface area contributed by atoms with Gasteiger partial charge in [-0.3, -0.25) is 0 Å². The van der Waals surface area contributed by atoms with Crippen LogP contribution in [0.5, 0.6) is 0 Å². The van der Waals surface area contributed by atoms with Crippen molar-refractivity contribution in [2.75, 3.05) is 11.9 Å². The molecule has 0 unspecified atom stereocenters. The molecule has 0 aromatic carbocycles. The van der Waals surface area contributed by atoms with Gasteiger partial charge in [0.2, 0.25) is 0 Å². The number of rotatable bonds is 5. The zero-order chi connectivity index (χ0) is 13.0. The molecule has 0 radical (unpaired) electrons. The lowest BCUT2D eigenvalue weighted by Gasteiger charge is -2.08. The third kappa shape index (κ3) is 2.67. The van der Waals surface area contributed by atoms with Crippen molar-refractivity contribution >= 4 is 5.82 Å². The average Bonchev–Trinajstić information content (AvgIpc) is 2.76. The molecule has 0 saturated heterocycles. The van der Waals surface area contributed by atoms with Crippen LogP contribution in [-0.4, -0.2) is 26.1 Å². The van der Waals surface area contributed by atoms with Crippen molar-refractivity contribution in [1.29, 1.82) is 0 Å². The van der Waals surface area contributed by atoms with Gasteiger partial charge in [-0.2, -0.15) is 0 Å². The Morgan fingerprint density at radius 1 is 1.28 bits per heavy atom. The second-order valence-corrected chi connectivity index (χ2v) is 4.21. The van der Waals surface area contributed by atoms with Crippen molar-refractivity contribution in [3.8, 4) is 11.6 Å². The van der Waals surface area contributed by atoms with Crippen molar-refractivity contribution in [3.05, 3.63) is 24.2 Å². The molecule has 0 atom stereocenters. The highest BCUT2D eigenvalue weighted by molar-refractivity contribution is 5.49. The second kappa shape index (κ2) is 5.62. The molecule has 0 saturated carbocycles. The molecule has 0 spiro atoms. The van der Waals surface area contributed by atoms with Crippen LogP contribution >= 0.6 is 0 Å². The Morgan fingerprint density at radius 3 is 2.72 bits per heavy atom. The lowest BCUT2D eigenvalue weighted by Crippen LogP contribution is -2.06. The van der Waals surface area contributed by atoms with Gasteiger partial charge in [0.1, 0.15) is 5.82 Å². The minimum Gasteiger partial charge on any atom is -0.370 e. The summed E-state index contributed by atoms with van der Waals surface area (Å²) in [5.41, 5.74) is 1.06. The van der Waals surface area contributed by atoms with Gasteiger partial charge >= 0.3 is 0 Å². The summed E-state index contributed by atoms with van der Waals surface area (Å²) < 4.78 is 1.93. The third-order valence-electron chi connectivity index (χ3n) is 2.66. The van der Waals surface area contributed by atoms with Gasteiger partial charge in [-0.25, -0.2) is 15.0 Å². The molecule has 0 bridgehead atoms. The zero-order valence-electron chi connectivity index (χ0n) is 11.1. The van der Waals surface area contributed by atoms with Crippen LogP contribution in [-0.2, 0) is 13.5 Å². The van der Waals surface area contributed by atoms with Gasteiger partial charge in [-0.15, -0.1) is 0 Å². The highest BCUT2D eigenvalue weighted by Crippen LogP contribution is 2.16. The van der Waals surface area contributed by atoms with Crippen LogP contribution in [0, 0.1) is 0 Å². The Hall–Kier alpha value is -1.91. The molecule has 0 aliphatic rings. The van der Waals surface area contributed by atoms with E-state index in [1.165, 1.54) is 0 Å². The lowest BCUT2D eigenvalue weighted by molar-refractivity contribution is 0.858. The summed E-state index contributed by atoms with van der Waals surface area (Å²) in [5.74, 6) is 2.35. The molecular formula is C13H19N5. The van der Waals surface area contributed by atoms with E-state index in [2.05, 4.69) is 34.1 Å². The van der Waals surface area contributed by atoms with Crippen molar-refractivity contribution < 1.29 is 0 Å². The van der Waals surface area contributed by atoms with E-state index in [0.717, 1.165) is 36.7 Å². The van der Waals surface area contributed by atoms with Crippen LogP contribution in [0.2, 0.25) is 0 Å². The Kier molecular flexibility index (Phi) is 3.92. The maximum atomic E-state index is 4.57. The molecule has 2 rings (SSSR count). The SMILES string of the molecule is CCCc1cc(NCC)nc(-c2nccn2C)n1. The van der Waals surface area contributed by atoms with Crippen molar-refractivity contribution in [2.24, 2.45) is 7.05 Å². The third-order valence-corrected chi connectivity index (χ3v) is 2.66. The molecular weight excluding hydrogens is 226 g/mol. The minimum absolute atomic E-state index is 0.685. The van der Waals surface area contributed by atoms with Crippen LogP contribution in [0.15, 0.2) is 18.5 Å². The smallest absolute Gasteiger partial charge is 0.198 e. The van der Waals surface area contributed by atoms with E-state index in [4.69, 9.17) is 0 Å². The van der Waals surface area contributed by atoms with Gasteiger partial charge in [-0.1, -0.05) is 13.3 Å². The van der Waals surface area contributed by atoms with Gasteiger partial charge in [0.25, 0.3) is 0 Å². The number of hydrogen-bond acceptors (Lipinski definition) is 4. The fourth-order valence-electron chi connectivity index (χ4n) is 1.83. The Bertz CT molecular complexity index is 494. The maximum absolute atomic E-state index is 4.57. The number of aromatic nitrogens is 4. The van der Waals surface area contributed by atoms with E-state index in [9.17, 15) is 0 Å². The Balaban J connectivity index is 2.42. The van der Waals surface area contributed by atoms with E-state index in [0.29, 0.717) is 5.82 Å². The molecule has 2 heterocycles. The number of anilines is 1. The second-order valence-electron chi connectivity index (χ2n) is 4.21. The maximum Gasteiger partial charge on any atom is 0.198 e. The van der Waals surface area contributed by atoms with E-state index >= 15 is 0 Å². The van der Waals surface area contributed by atoms with Crippen LogP contribution < -0.4 is 5.32 Å². The Labute approximate surface area is 107 Å². The van der Waals surface area contributed by atoms with E-state index < -0.39 is 0 Å². The fraction of sp³-hybridized carbons (Fsp3) is 0.462. The molecule has 96 valence electrons. The standard InChI is InChI=1S/C13H19N5/c1-4-6-10-9-11(14-5-2)17-12(16-10)13-15-7-8-18(13)3/h7-9H,4-6H2,1-3H3,(H,14,16,17). The molecule has 5 nitrogen and oxygen atoms in total. The number of aryl methyl sites for hydroxylation is 2. The molecule has 0 aliphatic carbocycles. The van der Waals surface area contributed by atoms with E-state index in [-0.39, 0.29) is 0 Å². The zero-order valence-corrected chi connectivity index (χ0v) is 11.1. The Morgan fingerprint density at radius 2 is 2.11 bits per heavy atom. The quantitative estimate of drug-likeness (QED) is 0.878. The first-order valence-corrected chi connectivity index (χ1v) is 6.34. The molecule has 1 N–H and O–H groups in total. The summed E-state index contributed by atoms with van der Waals surface area (Å²) in [4.78, 5) is 13.4. The molecule has 18 heavy (non-hydrogen) atoms. The highest BCUT2D eigenvalue weighted by atomic mass is 15.1. The summed E-state index contributed by atoms with van der Waals surface area (Å²) in [5, 5.41) is 3.24. The van der Waals surface area contributed by atoms with Crippen LogP contribution in [0.1, 0.15) is 26.0 Å². The van der Waals surface area contributed by atoms with Crippen LogP contribution in [0.3, 0.4) is 0 Å². The van der Waals surface area contributed by atoms with Gasteiger partial charge in [0.05, 0.1) is 0 Å². The predicted octanol–water partition coefficient (Wildman–Crippen LogP) is 2.26. The van der Waals surface area contributed by atoms with Crippen molar-refractivity contribution in [1.82, 2.24) is 19.5 Å². The number of nitrogens with zero attached hydrogens (tertiary/aromatic N) is 4. The summed E-state index contributed by atoms with van der Waals surface area (Å²) in [6, 6.07) is 2.01. The highest BCUT2D eigenvalue weighted by Gasteiger charge is 2.10. The van der Waals surface area contributed by atoms with Gasteiger partial charge in [0, 0.05) is 37.7 Å². The molecule has 5 heteroatoms. The number of imidazole rings is 1. The summed E-state index contributed by atoms with van der Waals surface area (Å²) >= 11 is 0. The largest absolute Gasteiger partial charge is 0.370 e. The fourth-order valence-corrected chi connectivity index (χ4v) is 1.83. The molecule has 0 aliphatic heterocycles. The molecule has 2 aromatic heterocycles. The van der Waals surface area contributed by atoms with Gasteiger partial charge in [-0.05, 0) is 13.3 Å². The van der Waals surface area contributed by atoms with Crippen molar-refractivity contribution in [2.45, 2.75) is 26.7 Å². The van der Waals surface area contributed by atoms with Crippen LogP contribution in [0.25, 0.3) is 11.6 Å². The number of hydrogen-bond donors (Lipinski definition) is 1. The molecule has 0 fully saturated rings. The first-order valence-electron chi connectivity index (χ1n) is 6.34. The van der Waals surface area contributed by atoms with Gasteiger partial charge in [0.15, 0.2) is 11.6 Å². The van der Waals surface area contributed by atoms with E-state index in [1.54, 1.807) is 6.20 Å². The summed E-state index contributed by atoms with van der Waals surface area (Å²) in [6.07, 6.45) is 5.69. The average molecular weight is 245 g/mol. The van der Waals surface area contributed by atoms with Crippen LogP contribution in [0.4, 0.5) is 5.82 Å². The normalized spacial score (nSPS) is 10.6. The van der Waals surface area contributed by atoms with Gasteiger partial charge < -0.3 is 9.88 Å². The first kappa shape index (κ1) is 12.5. The first-order chi connectivity index (χ1) is 8.74. The minimum atomic E-state index is 0.685. The lowest BCUT2D eigenvalue weighted by atomic mass is 10.2. The monoisotopic (exact) mass is 245 g/mol. The predicted molar refractivity (Wildman–Crippen MR) is 72.4 cm³/mol. The summed E-state index contributed by atoms with van der Waals surface area (Å²) in [7, 11) is 1.95. The molecule has 2 aromatic rings. The summed E-state index contributed by atoms with van der Waals surface area (Å²) in [6.45, 7) is 5.06. The van der Waals surface area contributed by atoms with E-state index in [1.807, 2.05) is 23.9 Å². The van der Waals surface area contributed by atoms with Crippen molar-refractivity contribution in [3.63, 3.8) is 0 Å².